The smallest absolute Gasteiger partial charge is 0.258 e. The second-order valence-electron chi connectivity index (χ2n) is 10.9. The van der Waals surface area contributed by atoms with Gasteiger partial charge in [0, 0.05) is 17.7 Å². The number of carbonyl (C=O) groups excluding carboxylic acids is 4. The highest BCUT2D eigenvalue weighted by Gasteiger charge is 2.26. The number of anilines is 2. The number of hydrogen-bond donors (Lipinski definition) is 2. The van der Waals surface area contributed by atoms with E-state index >= 15 is 0 Å². The van der Waals surface area contributed by atoms with E-state index in [9.17, 15) is 19.2 Å². The Balaban J connectivity index is 1.47. The van der Waals surface area contributed by atoms with Crippen molar-refractivity contribution in [2.75, 3.05) is 39.1 Å². The van der Waals surface area contributed by atoms with Crippen molar-refractivity contribution in [2.45, 2.75) is 25.9 Å². The van der Waals surface area contributed by atoms with Gasteiger partial charge in [-0.3, -0.25) is 19.2 Å². The van der Waals surface area contributed by atoms with Gasteiger partial charge in [0.05, 0.1) is 55.5 Å². The average Bonchev–Trinajstić information content (AvgIpc) is 3.13. The Bertz CT molecular complexity index is 2040. The Labute approximate surface area is 309 Å². The zero-order valence-electron chi connectivity index (χ0n) is 28.9. The summed E-state index contributed by atoms with van der Waals surface area (Å²) in [5.74, 6) is -0.795. The van der Waals surface area contributed by atoms with Crippen molar-refractivity contribution in [3.05, 3.63) is 82.8 Å². The van der Waals surface area contributed by atoms with E-state index in [-0.39, 0.29) is 15.7 Å². The number of halogens is 2. The number of nitrogens with zero attached hydrogens (tertiary/aromatic N) is 4. The van der Waals surface area contributed by atoms with Crippen LogP contribution in [0, 0.1) is 0 Å². The van der Waals surface area contributed by atoms with Crippen molar-refractivity contribution in [3.8, 4) is 34.1 Å². The van der Waals surface area contributed by atoms with E-state index in [0.29, 0.717) is 51.2 Å². The number of rotatable bonds is 15. The zero-order chi connectivity index (χ0) is 37.9. The van der Waals surface area contributed by atoms with Crippen LogP contribution >= 0.6 is 23.2 Å². The highest BCUT2D eigenvalue weighted by atomic mass is 35.5. The fourth-order valence-electron chi connectivity index (χ4n) is 4.63. The van der Waals surface area contributed by atoms with E-state index < -0.39 is 35.5 Å². The van der Waals surface area contributed by atoms with Crippen molar-refractivity contribution in [2.24, 2.45) is 20.5 Å². The van der Waals surface area contributed by atoms with Gasteiger partial charge in [-0.25, -0.2) is 0 Å². The van der Waals surface area contributed by atoms with Gasteiger partial charge in [-0.1, -0.05) is 41.4 Å². The van der Waals surface area contributed by atoms with Gasteiger partial charge in [-0.05, 0) is 61.9 Å². The Hall–Kier alpha value is -5.86. The van der Waals surface area contributed by atoms with E-state index in [4.69, 9.17) is 42.1 Å². The SMILES string of the molecule is COc1ccc(NC(=O)C(N=Nc2ccc(-c3ccc(N=NC(C(C)=O)C(=O)Nc4ccc(OC)cc4OC)c(Cl)c3Cl)cc2)C(C)=O)c(OC)c1. The van der Waals surface area contributed by atoms with Gasteiger partial charge < -0.3 is 29.6 Å². The Morgan fingerprint density at radius 3 is 1.52 bits per heavy atom. The minimum absolute atomic E-state index is 0.0371. The molecule has 4 aromatic rings. The average molecular weight is 750 g/mol. The summed E-state index contributed by atoms with van der Waals surface area (Å²) in [4.78, 5) is 50.6. The molecule has 4 rings (SSSR count). The predicted molar refractivity (Wildman–Crippen MR) is 196 cm³/mol. The van der Waals surface area contributed by atoms with Crippen LogP contribution in [0.2, 0.25) is 10.0 Å². The van der Waals surface area contributed by atoms with Gasteiger partial charge in [0.25, 0.3) is 11.8 Å². The molecule has 4 aromatic carbocycles. The molecule has 16 heteroatoms. The minimum Gasteiger partial charge on any atom is -0.497 e. The van der Waals surface area contributed by atoms with E-state index in [2.05, 4.69) is 31.1 Å². The molecule has 270 valence electrons. The lowest BCUT2D eigenvalue weighted by atomic mass is 10.0. The number of Topliss-reactive ketones (excluding diaryl/α,β-unsaturated/α-hetero) is 2. The maximum absolute atomic E-state index is 13.0. The van der Waals surface area contributed by atoms with Crippen molar-refractivity contribution in [1.29, 1.82) is 0 Å². The summed E-state index contributed by atoms with van der Waals surface area (Å²) < 4.78 is 20.9. The van der Waals surface area contributed by atoms with Crippen LogP contribution in [0.1, 0.15) is 13.8 Å². The van der Waals surface area contributed by atoms with Crippen LogP contribution in [0.15, 0.2) is 93.3 Å². The maximum Gasteiger partial charge on any atom is 0.258 e. The number of nitrogens with one attached hydrogen (secondary N) is 2. The number of ether oxygens (including phenoxy) is 4. The molecule has 0 saturated carbocycles. The first-order chi connectivity index (χ1) is 24.9. The molecule has 0 aliphatic heterocycles. The monoisotopic (exact) mass is 748 g/mol. The summed E-state index contributed by atoms with van der Waals surface area (Å²) >= 11 is 13.2. The molecule has 0 aliphatic rings. The number of methoxy groups -OCH3 is 4. The summed E-state index contributed by atoms with van der Waals surface area (Å²) in [6.07, 6.45) is 0. The van der Waals surface area contributed by atoms with Crippen LogP contribution in [-0.4, -0.2) is 63.9 Å². The molecule has 0 fully saturated rings. The Morgan fingerprint density at radius 2 is 1.08 bits per heavy atom. The molecule has 2 atom stereocenters. The van der Waals surface area contributed by atoms with Crippen molar-refractivity contribution >= 4 is 69.3 Å². The highest BCUT2D eigenvalue weighted by molar-refractivity contribution is 6.45. The van der Waals surface area contributed by atoms with Gasteiger partial charge in [-0.15, -0.1) is 0 Å². The molecule has 0 spiro atoms. The second kappa shape index (κ2) is 17.9. The van der Waals surface area contributed by atoms with Crippen molar-refractivity contribution in [1.82, 2.24) is 0 Å². The van der Waals surface area contributed by atoms with Gasteiger partial charge in [-0.2, -0.15) is 20.5 Å². The van der Waals surface area contributed by atoms with E-state index in [0.717, 1.165) is 0 Å². The Morgan fingerprint density at radius 1 is 0.596 bits per heavy atom. The molecule has 52 heavy (non-hydrogen) atoms. The van der Waals surface area contributed by atoms with Gasteiger partial charge >= 0.3 is 0 Å². The summed E-state index contributed by atoms with van der Waals surface area (Å²) in [5.41, 5.74) is 2.31. The largest absolute Gasteiger partial charge is 0.497 e. The third-order valence-electron chi connectivity index (χ3n) is 7.41. The molecule has 0 saturated heterocycles. The second-order valence-corrected chi connectivity index (χ2v) is 11.6. The standard InChI is InChI=1S/C36H34Cl2N6O8/c1-19(45)33(35(47)39-26-14-11-23(49-3)17-29(26)51-5)43-41-22-9-7-21(8-10-22)25-13-16-28(32(38)31(25)37)42-44-34(20(2)46)36(48)40-27-15-12-24(50-4)18-30(27)52-6/h7-18,33-34H,1-6H3,(H,39,47)(H,40,48). The molecule has 2 unspecified atom stereocenters. The first kappa shape index (κ1) is 38.9. The number of amides is 2. The zero-order valence-corrected chi connectivity index (χ0v) is 30.4. The van der Waals surface area contributed by atoms with Crippen LogP contribution in [-0.2, 0) is 19.2 Å². The van der Waals surface area contributed by atoms with Crippen molar-refractivity contribution in [3.63, 3.8) is 0 Å². The van der Waals surface area contributed by atoms with Crippen molar-refractivity contribution < 1.29 is 38.1 Å². The normalized spacial score (nSPS) is 12.2. The molecule has 2 amide bonds. The van der Waals surface area contributed by atoms with Crippen LogP contribution in [0.4, 0.5) is 22.7 Å². The van der Waals surface area contributed by atoms with Gasteiger partial charge in [0.2, 0.25) is 12.1 Å². The summed E-state index contributed by atoms with van der Waals surface area (Å²) in [7, 11) is 5.87. The first-order valence-corrected chi connectivity index (χ1v) is 16.1. The molecule has 14 nitrogen and oxygen atoms in total. The van der Waals surface area contributed by atoms with E-state index in [1.54, 1.807) is 66.7 Å². The maximum atomic E-state index is 13.0. The van der Waals surface area contributed by atoms with Gasteiger partial charge in [0.15, 0.2) is 11.6 Å². The van der Waals surface area contributed by atoms with E-state index in [1.165, 1.54) is 48.4 Å². The predicted octanol–water partition coefficient (Wildman–Crippen LogP) is 8.05. The molecule has 0 heterocycles. The number of carbonyl (C=O) groups is 4. The fourth-order valence-corrected chi connectivity index (χ4v) is 5.11. The molecule has 0 aliphatic carbocycles. The number of azo groups is 2. The lowest BCUT2D eigenvalue weighted by molar-refractivity contribution is -0.127. The molecule has 2 N–H and O–H groups in total. The lowest BCUT2D eigenvalue weighted by Crippen LogP contribution is -2.32. The fraction of sp³-hybridized carbons (Fsp3) is 0.222. The number of benzene rings is 4. The third kappa shape index (κ3) is 9.47. The minimum atomic E-state index is -1.48. The summed E-state index contributed by atoms with van der Waals surface area (Å²) in [6, 6.07) is 16.5. The number of ketones is 2. The Kier molecular flexibility index (Phi) is 13.4. The molecular formula is C36H34Cl2N6O8. The molecule has 0 aromatic heterocycles. The molecule has 0 bridgehead atoms. The summed E-state index contributed by atoms with van der Waals surface area (Å²) in [5, 5.41) is 21.5. The van der Waals surface area contributed by atoms with Crippen LogP contribution in [0.5, 0.6) is 23.0 Å². The van der Waals surface area contributed by atoms with Gasteiger partial charge in [0.1, 0.15) is 28.7 Å². The van der Waals surface area contributed by atoms with Crippen LogP contribution in [0.25, 0.3) is 11.1 Å². The molecule has 0 radical (unpaired) electrons. The third-order valence-corrected chi connectivity index (χ3v) is 8.28. The molecular weight excluding hydrogens is 715 g/mol. The van der Waals surface area contributed by atoms with Crippen LogP contribution in [0.3, 0.4) is 0 Å². The van der Waals surface area contributed by atoms with E-state index in [1.807, 2.05) is 0 Å². The van der Waals surface area contributed by atoms with Crippen LogP contribution < -0.4 is 29.6 Å². The lowest BCUT2D eigenvalue weighted by Gasteiger charge is -2.14. The summed E-state index contributed by atoms with van der Waals surface area (Å²) in [6.45, 7) is 2.45. The highest BCUT2D eigenvalue weighted by Crippen LogP contribution is 2.40. The first-order valence-electron chi connectivity index (χ1n) is 15.4. The topological polar surface area (TPSA) is 179 Å². The number of hydrogen-bond acceptors (Lipinski definition) is 12. The quantitative estimate of drug-likeness (QED) is 0.0905.